The minimum absolute atomic E-state index is 0.0638. The lowest BCUT2D eigenvalue weighted by molar-refractivity contribution is -0.126. The molecular weight excluding hydrogens is 398 g/mol. The highest BCUT2D eigenvalue weighted by atomic mass is 32.2. The first kappa shape index (κ1) is 19.1. The fraction of sp³-hybridized carbons (Fsp3) is 0.368. The number of hydrogen-bond acceptors (Lipinski definition) is 6. The number of hydrogen-bond donors (Lipinski definition) is 1. The molecular formula is C19H21N3O4S2. The quantitative estimate of drug-likeness (QED) is 0.686. The molecule has 7 nitrogen and oxygen atoms in total. The van der Waals surface area contributed by atoms with Crippen molar-refractivity contribution in [2.75, 3.05) is 19.3 Å². The van der Waals surface area contributed by atoms with Crippen molar-refractivity contribution in [3.8, 4) is 10.8 Å². The molecule has 0 unspecified atom stereocenters. The molecule has 3 aromatic rings. The van der Waals surface area contributed by atoms with Crippen LogP contribution in [0.25, 0.3) is 21.0 Å². The maximum Gasteiger partial charge on any atom is 0.223 e. The van der Waals surface area contributed by atoms with Gasteiger partial charge in [0.25, 0.3) is 0 Å². The number of nitrogens with zero attached hydrogens (tertiary/aromatic N) is 2. The number of benzene rings is 1. The van der Waals surface area contributed by atoms with E-state index in [1.165, 1.54) is 10.6 Å². The van der Waals surface area contributed by atoms with Gasteiger partial charge in [-0.2, -0.15) is 0 Å². The van der Waals surface area contributed by atoms with Gasteiger partial charge in [0.2, 0.25) is 15.9 Å². The van der Waals surface area contributed by atoms with E-state index in [9.17, 15) is 13.2 Å². The second kappa shape index (κ2) is 7.65. The second-order valence-electron chi connectivity index (χ2n) is 6.91. The van der Waals surface area contributed by atoms with Crippen LogP contribution >= 0.6 is 11.3 Å². The number of nitrogens with one attached hydrogen (secondary N) is 1. The molecule has 0 saturated carbocycles. The molecule has 2 aromatic heterocycles. The molecule has 28 heavy (non-hydrogen) atoms. The van der Waals surface area contributed by atoms with Crippen molar-refractivity contribution in [1.82, 2.24) is 14.6 Å². The van der Waals surface area contributed by atoms with Gasteiger partial charge in [0.05, 0.1) is 23.0 Å². The summed E-state index contributed by atoms with van der Waals surface area (Å²) >= 11 is 1.57. The highest BCUT2D eigenvalue weighted by Gasteiger charge is 2.28. The number of thiazole rings is 1. The molecule has 1 saturated heterocycles. The zero-order valence-electron chi connectivity index (χ0n) is 15.4. The van der Waals surface area contributed by atoms with Gasteiger partial charge in [-0.25, -0.2) is 17.7 Å². The van der Waals surface area contributed by atoms with Crippen molar-refractivity contribution in [2.24, 2.45) is 5.92 Å². The van der Waals surface area contributed by atoms with Gasteiger partial charge in [-0.05, 0) is 37.1 Å². The van der Waals surface area contributed by atoms with Crippen molar-refractivity contribution < 1.29 is 17.6 Å². The number of sulfonamides is 1. The van der Waals surface area contributed by atoms with Gasteiger partial charge in [-0.1, -0.05) is 12.1 Å². The van der Waals surface area contributed by atoms with Crippen LogP contribution in [0.4, 0.5) is 0 Å². The summed E-state index contributed by atoms with van der Waals surface area (Å²) in [5.74, 6) is 1.12. The van der Waals surface area contributed by atoms with Crippen molar-refractivity contribution in [3.63, 3.8) is 0 Å². The summed E-state index contributed by atoms with van der Waals surface area (Å²) in [6.07, 6.45) is 2.27. The van der Waals surface area contributed by atoms with Gasteiger partial charge < -0.3 is 9.73 Å². The maximum atomic E-state index is 12.4. The van der Waals surface area contributed by atoms with Crippen molar-refractivity contribution in [1.29, 1.82) is 0 Å². The molecule has 1 fully saturated rings. The summed E-state index contributed by atoms with van der Waals surface area (Å²) in [6, 6.07) is 11.6. The van der Waals surface area contributed by atoms with E-state index in [4.69, 9.17) is 4.42 Å². The Balaban J connectivity index is 1.34. The molecule has 148 valence electrons. The summed E-state index contributed by atoms with van der Waals surface area (Å²) in [5, 5.41) is 3.71. The Morgan fingerprint density at radius 1 is 1.25 bits per heavy atom. The minimum Gasteiger partial charge on any atom is -0.457 e. The third-order valence-electron chi connectivity index (χ3n) is 4.90. The summed E-state index contributed by atoms with van der Waals surface area (Å²) < 4.78 is 31.5. The molecule has 1 aliphatic heterocycles. The van der Waals surface area contributed by atoms with E-state index < -0.39 is 10.0 Å². The zero-order valence-corrected chi connectivity index (χ0v) is 17.1. The standard InChI is InChI=1S/C19H21N3O4S2/c1-28(24,25)22-10-8-13(9-11-22)18(23)20-12-14-6-7-16(26-14)19-21-15-4-2-3-5-17(15)27-19/h2-7,13H,8-12H2,1H3,(H,20,23). The van der Waals surface area contributed by atoms with E-state index in [0.717, 1.165) is 15.2 Å². The number of rotatable bonds is 5. The Morgan fingerprint density at radius 3 is 2.71 bits per heavy atom. The number of amides is 1. The summed E-state index contributed by atoms with van der Waals surface area (Å²) in [5.41, 5.74) is 0.939. The fourth-order valence-electron chi connectivity index (χ4n) is 3.33. The maximum absolute atomic E-state index is 12.4. The molecule has 9 heteroatoms. The van der Waals surface area contributed by atoms with Crippen LogP contribution in [0.5, 0.6) is 0 Å². The van der Waals surface area contributed by atoms with Crippen molar-refractivity contribution in [3.05, 3.63) is 42.2 Å². The molecule has 0 radical (unpaired) electrons. The van der Waals surface area contributed by atoms with E-state index >= 15 is 0 Å². The van der Waals surface area contributed by atoms with E-state index in [2.05, 4.69) is 10.3 Å². The average Bonchev–Trinajstić information content (AvgIpc) is 3.32. The largest absolute Gasteiger partial charge is 0.457 e. The number of piperidine rings is 1. The molecule has 1 N–H and O–H groups in total. The normalized spacial score (nSPS) is 16.5. The van der Waals surface area contributed by atoms with Crippen LogP contribution in [0.2, 0.25) is 0 Å². The van der Waals surface area contributed by atoms with Crippen LogP contribution in [0, 0.1) is 5.92 Å². The zero-order chi connectivity index (χ0) is 19.7. The first-order valence-corrected chi connectivity index (χ1v) is 11.7. The summed E-state index contributed by atoms with van der Waals surface area (Å²) in [4.78, 5) is 17.0. The Bertz CT molecular complexity index is 1060. The lowest BCUT2D eigenvalue weighted by atomic mass is 9.97. The van der Waals surface area contributed by atoms with Crippen LogP contribution in [-0.4, -0.2) is 43.0 Å². The topological polar surface area (TPSA) is 92.5 Å². The molecule has 1 aliphatic rings. The molecule has 0 spiro atoms. The number of fused-ring (bicyclic) bond motifs is 1. The predicted molar refractivity (Wildman–Crippen MR) is 108 cm³/mol. The average molecular weight is 420 g/mol. The van der Waals surface area contributed by atoms with Gasteiger partial charge >= 0.3 is 0 Å². The molecule has 0 atom stereocenters. The molecule has 0 aliphatic carbocycles. The third-order valence-corrected chi connectivity index (χ3v) is 7.25. The molecule has 0 bridgehead atoms. The van der Waals surface area contributed by atoms with Gasteiger partial charge in [-0.15, -0.1) is 11.3 Å². The number of furan rings is 1. The highest BCUT2D eigenvalue weighted by Crippen LogP contribution is 2.31. The number of para-hydroxylation sites is 1. The Hall–Kier alpha value is -2.23. The predicted octanol–water partition coefficient (Wildman–Crippen LogP) is 2.84. The van der Waals surface area contributed by atoms with E-state index in [0.29, 0.717) is 44.0 Å². The van der Waals surface area contributed by atoms with Gasteiger partial charge in [0.15, 0.2) is 10.8 Å². The molecule has 4 rings (SSSR count). The fourth-order valence-corrected chi connectivity index (χ4v) is 5.14. The molecule has 1 amide bonds. The smallest absolute Gasteiger partial charge is 0.223 e. The number of carbonyl (C=O) groups is 1. The van der Waals surface area contributed by atoms with Crippen LogP contribution < -0.4 is 5.32 Å². The van der Waals surface area contributed by atoms with Crippen LogP contribution in [0.1, 0.15) is 18.6 Å². The first-order valence-electron chi connectivity index (χ1n) is 9.07. The van der Waals surface area contributed by atoms with Crippen molar-refractivity contribution >= 4 is 37.5 Å². The Kier molecular flexibility index (Phi) is 5.22. The lowest BCUT2D eigenvalue weighted by Gasteiger charge is -2.29. The number of aromatic nitrogens is 1. The van der Waals surface area contributed by atoms with Gasteiger partial charge in [-0.3, -0.25) is 4.79 Å². The van der Waals surface area contributed by atoms with Gasteiger partial charge in [0, 0.05) is 19.0 Å². The van der Waals surface area contributed by atoms with Crippen LogP contribution in [-0.2, 0) is 21.4 Å². The SMILES string of the molecule is CS(=O)(=O)N1CCC(C(=O)NCc2ccc(-c3nc4ccccc4s3)o2)CC1. The Labute approximate surface area is 167 Å². The second-order valence-corrected chi connectivity index (χ2v) is 9.92. The van der Waals surface area contributed by atoms with E-state index in [1.54, 1.807) is 11.3 Å². The summed E-state index contributed by atoms with van der Waals surface area (Å²) in [6.45, 7) is 1.08. The molecule has 1 aromatic carbocycles. The Morgan fingerprint density at radius 2 is 2.00 bits per heavy atom. The van der Waals surface area contributed by atoms with Gasteiger partial charge in [0.1, 0.15) is 5.76 Å². The third kappa shape index (κ3) is 4.11. The van der Waals surface area contributed by atoms with E-state index in [1.807, 2.05) is 36.4 Å². The van der Waals surface area contributed by atoms with Crippen LogP contribution in [0.3, 0.4) is 0 Å². The van der Waals surface area contributed by atoms with Crippen LogP contribution in [0.15, 0.2) is 40.8 Å². The summed E-state index contributed by atoms with van der Waals surface area (Å²) in [7, 11) is -3.18. The first-order chi connectivity index (χ1) is 13.4. The van der Waals surface area contributed by atoms with Crippen molar-refractivity contribution in [2.45, 2.75) is 19.4 Å². The highest BCUT2D eigenvalue weighted by molar-refractivity contribution is 7.88. The van der Waals surface area contributed by atoms with E-state index in [-0.39, 0.29) is 11.8 Å². The number of carbonyl (C=O) groups excluding carboxylic acids is 1. The molecule has 3 heterocycles. The lowest BCUT2D eigenvalue weighted by Crippen LogP contribution is -2.42. The minimum atomic E-state index is -3.18. The monoisotopic (exact) mass is 419 g/mol.